The average Bonchev–Trinajstić information content (AvgIpc) is 3.21. The van der Waals surface area contributed by atoms with Crippen molar-refractivity contribution in [3.8, 4) is 0 Å². The van der Waals surface area contributed by atoms with Gasteiger partial charge in [0, 0.05) is 12.1 Å². The van der Waals surface area contributed by atoms with E-state index in [1.165, 1.54) is 44.9 Å². The molecular formula is C16H27N. The highest BCUT2D eigenvalue weighted by molar-refractivity contribution is 4.98. The van der Waals surface area contributed by atoms with Crippen LogP contribution < -0.4 is 5.32 Å². The Labute approximate surface area is 106 Å². The molecule has 17 heavy (non-hydrogen) atoms. The summed E-state index contributed by atoms with van der Waals surface area (Å²) >= 11 is 0. The van der Waals surface area contributed by atoms with Crippen molar-refractivity contribution < 1.29 is 0 Å². The molecule has 0 bridgehead atoms. The second kappa shape index (κ2) is 4.26. The Balaban J connectivity index is 1.33. The van der Waals surface area contributed by atoms with E-state index in [0.29, 0.717) is 0 Å². The third-order valence-corrected chi connectivity index (χ3v) is 5.69. The van der Waals surface area contributed by atoms with Gasteiger partial charge >= 0.3 is 0 Å². The maximum atomic E-state index is 4.09. The third kappa shape index (κ3) is 2.54. The van der Waals surface area contributed by atoms with Gasteiger partial charge in [-0.25, -0.2) is 0 Å². The predicted octanol–water partition coefficient (Wildman–Crippen LogP) is 3.73. The first-order chi connectivity index (χ1) is 8.40. The maximum Gasteiger partial charge on any atom is 0.0126 e. The van der Waals surface area contributed by atoms with Crippen LogP contribution in [0.2, 0.25) is 0 Å². The summed E-state index contributed by atoms with van der Waals surface area (Å²) in [5, 5.41) is 4.09. The van der Waals surface area contributed by atoms with Gasteiger partial charge in [0.25, 0.3) is 0 Å². The standard InChI is InChI=1S/C16H27N/c1-2-14(11-4-5-11)10-15(3-1)17-16(12-6-7-12)13-8-9-13/h11-17H,1-10H2. The lowest BCUT2D eigenvalue weighted by atomic mass is 9.82. The molecule has 1 nitrogen and oxygen atoms in total. The van der Waals surface area contributed by atoms with Gasteiger partial charge in [0.2, 0.25) is 0 Å². The molecule has 4 aliphatic carbocycles. The van der Waals surface area contributed by atoms with Crippen LogP contribution in [0.4, 0.5) is 0 Å². The molecule has 0 spiro atoms. The summed E-state index contributed by atoms with van der Waals surface area (Å²) in [4.78, 5) is 0. The van der Waals surface area contributed by atoms with Crippen LogP contribution in [-0.4, -0.2) is 12.1 Å². The van der Waals surface area contributed by atoms with Crippen molar-refractivity contribution in [2.75, 3.05) is 0 Å². The highest BCUT2D eigenvalue weighted by Crippen LogP contribution is 2.47. The molecule has 0 heterocycles. The minimum atomic E-state index is 0.889. The van der Waals surface area contributed by atoms with Crippen molar-refractivity contribution in [1.82, 2.24) is 5.32 Å². The zero-order valence-electron chi connectivity index (χ0n) is 11.0. The van der Waals surface area contributed by atoms with E-state index in [2.05, 4.69) is 5.32 Å². The number of rotatable bonds is 5. The highest BCUT2D eigenvalue weighted by Gasteiger charge is 2.43. The van der Waals surface area contributed by atoms with Gasteiger partial charge in [-0.15, -0.1) is 0 Å². The second-order valence-electron chi connectivity index (χ2n) is 7.33. The summed E-state index contributed by atoms with van der Waals surface area (Å²) in [6.07, 6.45) is 15.2. The van der Waals surface area contributed by atoms with E-state index in [1.54, 1.807) is 19.3 Å². The SMILES string of the molecule is C1CC(NC(C2CC2)C2CC2)CC(C2CC2)C1. The van der Waals surface area contributed by atoms with Crippen molar-refractivity contribution in [1.29, 1.82) is 0 Å². The van der Waals surface area contributed by atoms with E-state index in [9.17, 15) is 0 Å². The molecule has 0 radical (unpaired) electrons. The van der Waals surface area contributed by atoms with Gasteiger partial charge in [-0.3, -0.25) is 0 Å². The van der Waals surface area contributed by atoms with E-state index in [0.717, 1.165) is 35.8 Å². The van der Waals surface area contributed by atoms with Gasteiger partial charge in [-0.1, -0.05) is 12.8 Å². The highest BCUT2D eigenvalue weighted by atomic mass is 15.0. The van der Waals surface area contributed by atoms with Crippen molar-refractivity contribution >= 4 is 0 Å². The Bertz CT molecular complexity index is 263. The van der Waals surface area contributed by atoms with Gasteiger partial charge in [0.1, 0.15) is 0 Å². The average molecular weight is 233 g/mol. The number of hydrogen-bond donors (Lipinski definition) is 1. The first kappa shape index (κ1) is 10.8. The fourth-order valence-electron chi connectivity index (χ4n) is 4.21. The number of hydrogen-bond acceptors (Lipinski definition) is 1. The first-order valence-electron chi connectivity index (χ1n) is 8.16. The van der Waals surface area contributed by atoms with E-state index in [4.69, 9.17) is 0 Å². The molecule has 0 amide bonds. The normalized spacial score (nSPS) is 38.6. The minimum absolute atomic E-state index is 0.889. The lowest BCUT2D eigenvalue weighted by Gasteiger charge is -2.33. The molecule has 2 unspecified atom stereocenters. The van der Waals surface area contributed by atoms with Crippen molar-refractivity contribution in [3.63, 3.8) is 0 Å². The quantitative estimate of drug-likeness (QED) is 0.763. The van der Waals surface area contributed by atoms with Crippen molar-refractivity contribution in [3.05, 3.63) is 0 Å². The summed E-state index contributed by atoms with van der Waals surface area (Å²) in [7, 11) is 0. The molecule has 0 saturated heterocycles. The lowest BCUT2D eigenvalue weighted by Crippen LogP contribution is -2.43. The van der Waals surface area contributed by atoms with Crippen molar-refractivity contribution in [2.45, 2.75) is 76.3 Å². The topological polar surface area (TPSA) is 12.0 Å². The largest absolute Gasteiger partial charge is 0.311 e. The van der Waals surface area contributed by atoms with Crippen LogP contribution in [0, 0.1) is 23.7 Å². The molecule has 1 N–H and O–H groups in total. The van der Waals surface area contributed by atoms with Crippen LogP contribution in [0.3, 0.4) is 0 Å². The Morgan fingerprint density at radius 1 is 0.706 bits per heavy atom. The summed E-state index contributed by atoms with van der Waals surface area (Å²) in [5.41, 5.74) is 0. The Kier molecular flexibility index (Phi) is 2.72. The predicted molar refractivity (Wildman–Crippen MR) is 70.8 cm³/mol. The van der Waals surface area contributed by atoms with Gasteiger partial charge in [-0.2, -0.15) is 0 Å². The van der Waals surface area contributed by atoms with E-state index >= 15 is 0 Å². The molecule has 4 fully saturated rings. The van der Waals surface area contributed by atoms with Crippen LogP contribution in [0.15, 0.2) is 0 Å². The molecule has 0 aliphatic heterocycles. The van der Waals surface area contributed by atoms with Gasteiger partial charge < -0.3 is 5.32 Å². The first-order valence-corrected chi connectivity index (χ1v) is 8.16. The van der Waals surface area contributed by atoms with E-state index in [-0.39, 0.29) is 0 Å². The van der Waals surface area contributed by atoms with Crippen LogP contribution in [-0.2, 0) is 0 Å². The zero-order chi connectivity index (χ0) is 11.2. The van der Waals surface area contributed by atoms with Crippen LogP contribution in [0.5, 0.6) is 0 Å². The number of nitrogens with one attached hydrogen (secondary N) is 1. The Hall–Kier alpha value is -0.0400. The molecule has 0 aromatic rings. The van der Waals surface area contributed by atoms with Gasteiger partial charge in [0.15, 0.2) is 0 Å². The molecule has 2 atom stereocenters. The molecule has 0 aromatic heterocycles. The molecule has 4 aliphatic rings. The zero-order valence-corrected chi connectivity index (χ0v) is 11.0. The van der Waals surface area contributed by atoms with E-state index in [1.807, 2.05) is 0 Å². The lowest BCUT2D eigenvalue weighted by molar-refractivity contribution is 0.232. The molecular weight excluding hydrogens is 206 g/mol. The van der Waals surface area contributed by atoms with Crippen LogP contribution >= 0.6 is 0 Å². The van der Waals surface area contributed by atoms with Gasteiger partial charge in [0.05, 0.1) is 0 Å². The molecule has 4 rings (SSSR count). The monoisotopic (exact) mass is 233 g/mol. The summed E-state index contributed by atoms with van der Waals surface area (Å²) in [6, 6.07) is 1.82. The summed E-state index contributed by atoms with van der Waals surface area (Å²) < 4.78 is 0. The fourth-order valence-corrected chi connectivity index (χ4v) is 4.21. The molecule has 0 aromatic carbocycles. The summed E-state index contributed by atoms with van der Waals surface area (Å²) in [6.45, 7) is 0. The van der Waals surface area contributed by atoms with Gasteiger partial charge in [-0.05, 0) is 75.0 Å². The van der Waals surface area contributed by atoms with Crippen LogP contribution in [0.25, 0.3) is 0 Å². The minimum Gasteiger partial charge on any atom is -0.311 e. The molecule has 4 saturated carbocycles. The van der Waals surface area contributed by atoms with Crippen molar-refractivity contribution in [2.24, 2.45) is 23.7 Å². The fraction of sp³-hybridized carbons (Fsp3) is 1.00. The van der Waals surface area contributed by atoms with Crippen LogP contribution in [0.1, 0.15) is 64.2 Å². The summed E-state index contributed by atoms with van der Waals surface area (Å²) in [5.74, 6) is 4.38. The second-order valence-corrected chi connectivity index (χ2v) is 7.33. The van der Waals surface area contributed by atoms with E-state index < -0.39 is 0 Å². The smallest absolute Gasteiger partial charge is 0.0126 e. The Morgan fingerprint density at radius 2 is 1.41 bits per heavy atom. The molecule has 1 heteroatoms. The molecule has 96 valence electrons. The third-order valence-electron chi connectivity index (χ3n) is 5.69. The Morgan fingerprint density at radius 3 is 2.00 bits per heavy atom. The maximum absolute atomic E-state index is 4.09.